The van der Waals surface area contributed by atoms with E-state index in [1.54, 1.807) is 6.20 Å². The Bertz CT molecular complexity index is 826. The zero-order valence-corrected chi connectivity index (χ0v) is 18.2. The molecule has 0 bridgehead atoms. The smallest absolute Gasteiger partial charge is 0.358 e. The first-order valence-electron chi connectivity index (χ1n) is 10.8. The number of aryl methyl sites for hydroxylation is 1. The molecule has 0 atom stereocenters. The number of aromatic amines is 1. The summed E-state index contributed by atoms with van der Waals surface area (Å²) in [6.07, 6.45) is 5.98. The number of H-pyrrole nitrogens is 1. The van der Waals surface area contributed by atoms with E-state index in [4.69, 9.17) is 9.47 Å². The first kappa shape index (κ1) is 22.3. The van der Waals surface area contributed by atoms with E-state index in [1.165, 1.54) is 7.11 Å². The molecular weight excluding hydrogens is 382 g/mol. The number of likely N-dealkylation sites (tertiary alicyclic amines) is 1. The summed E-state index contributed by atoms with van der Waals surface area (Å²) in [5, 5.41) is 10.9. The van der Waals surface area contributed by atoms with Crippen LogP contribution < -0.4 is 4.74 Å². The van der Waals surface area contributed by atoms with Crippen molar-refractivity contribution >= 4 is 5.97 Å². The first-order chi connectivity index (χ1) is 14.5. The fourth-order valence-electron chi connectivity index (χ4n) is 4.02. The van der Waals surface area contributed by atoms with Gasteiger partial charge in [0, 0.05) is 37.1 Å². The minimum atomic E-state index is -0.859. The SMILES string of the molecule is CCCCc1c(C)[nH]c(C(=O)OC)c1OCCN1CCC(O)(c2ccccn2)CC1. The van der Waals surface area contributed by atoms with E-state index in [0.717, 1.165) is 55.8 Å². The van der Waals surface area contributed by atoms with Crippen molar-refractivity contribution in [2.24, 2.45) is 0 Å². The minimum absolute atomic E-state index is 0.393. The second kappa shape index (κ2) is 10.1. The molecule has 2 aromatic heterocycles. The summed E-state index contributed by atoms with van der Waals surface area (Å²) >= 11 is 0. The molecule has 0 spiro atoms. The number of aliphatic hydroxyl groups is 1. The molecule has 2 aromatic rings. The normalized spacial score (nSPS) is 16.4. The maximum atomic E-state index is 12.2. The van der Waals surface area contributed by atoms with Crippen molar-refractivity contribution in [2.75, 3.05) is 33.4 Å². The number of hydrogen-bond acceptors (Lipinski definition) is 6. The van der Waals surface area contributed by atoms with Crippen molar-refractivity contribution in [3.8, 4) is 5.75 Å². The zero-order valence-electron chi connectivity index (χ0n) is 18.2. The van der Waals surface area contributed by atoms with Gasteiger partial charge in [0.1, 0.15) is 12.2 Å². The third kappa shape index (κ3) is 5.02. The third-order valence-corrected chi connectivity index (χ3v) is 5.91. The van der Waals surface area contributed by atoms with Crippen LogP contribution in [-0.4, -0.2) is 59.3 Å². The van der Waals surface area contributed by atoms with E-state index < -0.39 is 11.6 Å². The Labute approximate surface area is 178 Å². The van der Waals surface area contributed by atoms with Crippen LogP contribution >= 0.6 is 0 Å². The van der Waals surface area contributed by atoms with Gasteiger partial charge in [0.15, 0.2) is 11.4 Å². The molecule has 164 valence electrons. The molecule has 7 nitrogen and oxygen atoms in total. The van der Waals surface area contributed by atoms with Gasteiger partial charge in [-0.3, -0.25) is 9.88 Å². The number of pyridine rings is 1. The number of nitrogens with one attached hydrogen (secondary N) is 1. The first-order valence-corrected chi connectivity index (χ1v) is 10.8. The van der Waals surface area contributed by atoms with E-state index in [-0.39, 0.29) is 0 Å². The number of hydrogen-bond donors (Lipinski definition) is 2. The fraction of sp³-hybridized carbons (Fsp3) is 0.565. The van der Waals surface area contributed by atoms with Crippen molar-refractivity contribution in [2.45, 2.75) is 51.6 Å². The summed E-state index contributed by atoms with van der Waals surface area (Å²) in [5.41, 5.74) is 2.29. The van der Waals surface area contributed by atoms with Crippen LogP contribution in [0.2, 0.25) is 0 Å². The number of esters is 1. The standard InChI is InChI=1S/C23H33N3O4/c1-4-5-8-18-17(2)25-20(22(27)29-3)21(18)30-16-15-26-13-10-23(28,11-14-26)19-9-6-7-12-24-19/h6-7,9,12,25,28H,4-5,8,10-11,13-16H2,1-3H3. The fourth-order valence-corrected chi connectivity index (χ4v) is 4.02. The van der Waals surface area contributed by atoms with Crippen LogP contribution in [0.3, 0.4) is 0 Å². The lowest BCUT2D eigenvalue weighted by Crippen LogP contribution is -2.44. The summed E-state index contributed by atoms with van der Waals surface area (Å²) < 4.78 is 11.0. The molecule has 1 aliphatic heterocycles. The van der Waals surface area contributed by atoms with Crippen LogP contribution in [0.1, 0.15) is 60.0 Å². The summed E-state index contributed by atoms with van der Waals surface area (Å²) in [6.45, 7) is 6.86. The summed E-state index contributed by atoms with van der Waals surface area (Å²) in [7, 11) is 1.38. The van der Waals surface area contributed by atoms with Crippen LogP contribution in [0.4, 0.5) is 0 Å². The molecule has 0 amide bonds. The van der Waals surface area contributed by atoms with Gasteiger partial charge in [-0.25, -0.2) is 4.79 Å². The van der Waals surface area contributed by atoms with Crippen molar-refractivity contribution in [1.82, 2.24) is 14.9 Å². The van der Waals surface area contributed by atoms with Crippen LogP contribution in [0.25, 0.3) is 0 Å². The Kier molecular flexibility index (Phi) is 7.50. The van der Waals surface area contributed by atoms with Gasteiger partial charge in [-0.05, 0) is 44.7 Å². The minimum Gasteiger partial charge on any atom is -0.489 e. The van der Waals surface area contributed by atoms with E-state index in [9.17, 15) is 9.90 Å². The highest BCUT2D eigenvalue weighted by Crippen LogP contribution is 2.32. The second-order valence-electron chi connectivity index (χ2n) is 7.96. The van der Waals surface area contributed by atoms with E-state index in [1.807, 2.05) is 25.1 Å². The number of rotatable bonds is 9. The zero-order chi connectivity index (χ0) is 21.6. The summed E-state index contributed by atoms with van der Waals surface area (Å²) in [4.78, 5) is 21.9. The van der Waals surface area contributed by atoms with Gasteiger partial charge in [0.25, 0.3) is 0 Å². The molecule has 0 aliphatic carbocycles. The predicted molar refractivity (Wildman–Crippen MR) is 115 cm³/mol. The van der Waals surface area contributed by atoms with Gasteiger partial charge in [0.05, 0.1) is 12.8 Å². The van der Waals surface area contributed by atoms with Crippen molar-refractivity contribution in [1.29, 1.82) is 0 Å². The van der Waals surface area contributed by atoms with E-state index in [0.29, 0.717) is 30.9 Å². The molecule has 0 unspecified atom stereocenters. The van der Waals surface area contributed by atoms with Crippen LogP contribution in [0, 0.1) is 6.92 Å². The molecule has 7 heteroatoms. The Morgan fingerprint density at radius 2 is 2.10 bits per heavy atom. The molecule has 0 aromatic carbocycles. The molecule has 1 fully saturated rings. The van der Waals surface area contributed by atoms with Gasteiger partial charge >= 0.3 is 5.97 Å². The third-order valence-electron chi connectivity index (χ3n) is 5.91. The maximum absolute atomic E-state index is 12.2. The lowest BCUT2D eigenvalue weighted by Gasteiger charge is -2.37. The molecule has 3 heterocycles. The number of nitrogens with zero attached hydrogens (tertiary/aromatic N) is 2. The highest BCUT2D eigenvalue weighted by Gasteiger charge is 2.35. The Hall–Kier alpha value is -2.38. The average Bonchev–Trinajstić information content (AvgIpc) is 3.09. The number of carbonyl (C=O) groups excluding carboxylic acids is 1. The molecule has 0 saturated carbocycles. The van der Waals surface area contributed by atoms with E-state index in [2.05, 4.69) is 21.8 Å². The predicted octanol–water partition coefficient (Wildman–Crippen LogP) is 3.21. The topological polar surface area (TPSA) is 87.7 Å². The number of piperidine rings is 1. The number of aromatic nitrogens is 2. The molecule has 2 N–H and O–H groups in total. The van der Waals surface area contributed by atoms with Crippen LogP contribution in [0.15, 0.2) is 24.4 Å². The van der Waals surface area contributed by atoms with Gasteiger partial charge in [0.2, 0.25) is 0 Å². The van der Waals surface area contributed by atoms with Crippen molar-refractivity contribution in [3.05, 3.63) is 47.0 Å². The lowest BCUT2D eigenvalue weighted by atomic mass is 9.88. The van der Waals surface area contributed by atoms with E-state index >= 15 is 0 Å². The maximum Gasteiger partial charge on any atom is 0.358 e. The second-order valence-corrected chi connectivity index (χ2v) is 7.96. The quantitative estimate of drug-likeness (QED) is 0.612. The molecule has 3 rings (SSSR count). The van der Waals surface area contributed by atoms with Crippen LogP contribution in [0.5, 0.6) is 5.75 Å². The highest BCUT2D eigenvalue weighted by molar-refractivity contribution is 5.91. The monoisotopic (exact) mass is 415 g/mol. The number of unbranched alkanes of at least 4 members (excludes halogenated alkanes) is 1. The molecule has 0 radical (unpaired) electrons. The Morgan fingerprint density at radius 1 is 1.33 bits per heavy atom. The molecular formula is C23H33N3O4. The summed E-state index contributed by atoms with van der Waals surface area (Å²) in [6, 6.07) is 5.66. The molecule has 1 saturated heterocycles. The van der Waals surface area contributed by atoms with Gasteiger partial charge in [-0.1, -0.05) is 19.4 Å². The average molecular weight is 416 g/mol. The summed E-state index contributed by atoms with van der Waals surface area (Å²) in [5.74, 6) is 0.212. The lowest BCUT2D eigenvalue weighted by molar-refractivity contribution is -0.0311. The number of methoxy groups -OCH3 is 1. The largest absolute Gasteiger partial charge is 0.489 e. The highest BCUT2D eigenvalue weighted by atomic mass is 16.5. The van der Waals surface area contributed by atoms with Gasteiger partial charge in [-0.2, -0.15) is 0 Å². The Balaban J connectivity index is 1.58. The van der Waals surface area contributed by atoms with Gasteiger partial charge in [-0.15, -0.1) is 0 Å². The number of ether oxygens (including phenoxy) is 2. The van der Waals surface area contributed by atoms with Crippen molar-refractivity contribution in [3.63, 3.8) is 0 Å². The van der Waals surface area contributed by atoms with Gasteiger partial charge < -0.3 is 19.6 Å². The van der Waals surface area contributed by atoms with Crippen molar-refractivity contribution < 1.29 is 19.4 Å². The number of carbonyl (C=O) groups is 1. The Morgan fingerprint density at radius 3 is 2.73 bits per heavy atom. The van der Waals surface area contributed by atoms with Crippen LogP contribution in [-0.2, 0) is 16.8 Å². The molecule has 1 aliphatic rings. The molecule has 30 heavy (non-hydrogen) atoms.